The molecule has 5 nitrogen and oxygen atoms in total. The molecule has 2 aromatic heterocycles. The molecular formula is C23H40N4OS. The summed E-state index contributed by atoms with van der Waals surface area (Å²) in [6.45, 7) is 4.26. The van der Waals surface area contributed by atoms with Crippen molar-refractivity contribution in [2.24, 2.45) is 0 Å². The summed E-state index contributed by atoms with van der Waals surface area (Å²) < 4.78 is 1.77. The van der Waals surface area contributed by atoms with Crippen molar-refractivity contribution in [3.05, 3.63) is 11.1 Å². The Morgan fingerprint density at radius 2 is 1.41 bits per heavy atom. The van der Waals surface area contributed by atoms with Crippen molar-refractivity contribution in [1.29, 1.82) is 0 Å². The van der Waals surface area contributed by atoms with E-state index in [9.17, 15) is 4.79 Å². The molecule has 0 atom stereocenters. The number of amides is 1. The molecule has 2 aromatic rings. The summed E-state index contributed by atoms with van der Waals surface area (Å²) in [5.41, 5.74) is 1.04. The molecule has 0 bridgehead atoms. The number of aryl methyl sites for hydroxylation is 1. The van der Waals surface area contributed by atoms with E-state index >= 15 is 0 Å². The van der Waals surface area contributed by atoms with Crippen LogP contribution in [0, 0.1) is 6.92 Å². The first-order valence-corrected chi connectivity index (χ1v) is 12.7. The van der Waals surface area contributed by atoms with E-state index in [4.69, 9.17) is 0 Å². The van der Waals surface area contributed by atoms with Gasteiger partial charge in [-0.15, -0.1) is 16.4 Å². The number of aromatic nitrogens is 3. The molecular weight excluding hydrogens is 380 g/mol. The number of carbonyl (C=O) groups is 1. The fourth-order valence-corrected chi connectivity index (χ4v) is 4.49. The van der Waals surface area contributed by atoms with E-state index in [1.165, 1.54) is 94.8 Å². The Balaban J connectivity index is 1.36. The van der Waals surface area contributed by atoms with Crippen LogP contribution in [0.3, 0.4) is 0 Å². The van der Waals surface area contributed by atoms with E-state index in [0.29, 0.717) is 12.4 Å². The highest BCUT2D eigenvalue weighted by atomic mass is 32.1. The van der Waals surface area contributed by atoms with Crippen LogP contribution in [0.1, 0.15) is 115 Å². The fraction of sp³-hybridized carbons (Fsp3) is 0.783. The van der Waals surface area contributed by atoms with Crippen LogP contribution in [-0.4, -0.2) is 20.5 Å². The van der Waals surface area contributed by atoms with Gasteiger partial charge in [-0.1, -0.05) is 96.8 Å². The number of fused-ring (bicyclic) bond motifs is 1. The molecule has 1 amide bonds. The smallest absolute Gasteiger partial charge is 0.250 e. The predicted octanol–water partition coefficient (Wildman–Crippen LogP) is 7.30. The van der Waals surface area contributed by atoms with Gasteiger partial charge in [-0.2, -0.15) is 4.98 Å². The van der Waals surface area contributed by atoms with Gasteiger partial charge in [0.1, 0.15) is 0 Å². The quantitative estimate of drug-likeness (QED) is 0.273. The predicted molar refractivity (Wildman–Crippen MR) is 124 cm³/mol. The summed E-state index contributed by atoms with van der Waals surface area (Å²) in [7, 11) is 0. The first-order valence-electron chi connectivity index (χ1n) is 11.8. The van der Waals surface area contributed by atoms with Crippen LogP contribution in [0.4, 0.5) is 5.95 Å². The van der Waals surface area contributed by atoms with Gasteiger partial charge in [-0.05, 0) is 13.3 Å². The summed E-state index contributed by atoms with van der Waals surface area (Å²) in [5, 5.41) is 9.15. The largest absolute Gasteiger partial charge is 0.293 e. The molecule has 0 aromatic carbocycles. The van der Waals surface area contributed by atoms with Crippen molar-refractivity contribution in [2.45, 2.75) is 117 Å². The van der Waals surface area contributed by atoms with Gasteiger partial charge < -0.3 is 0 Å². The summed E-state index contributed by atoms with van der Waals surface area (Å²) in [6.07, 6.45) is 20.6. The minimum Gasteiger partial charge on any atom is -0.293 e. The second kappa shape index (κ2) is 14.5. The van der Waals surface area contributed by atoms with Gasteiger partial charge in [-0.25, -0.2) is 4.52 Å². The lowest BCUT2D eigenvalue weighted by Gasteiger charge is -2.03. The second-order valence-electron chi connectivity index (χ2n) is 8.25. The van der Waals surface area contributed by atoms with Gasteiger partial charge >= 0.3 is 0 Å². The Bertz CT molecular complexity index is 694. The number of thiazole rings is 1. The molecule has 0 aliphatic rings. The van der Waals surface area contributed by atoms with Gasteiger partial charge in [0.15, 0.2) is 0 Å². The van der Waals surface area contributed by atoms with Gasteiger partial charge in [0.25, 0.3) is 0 Å². The summed E-state index contributed by atoms with van der Waals surface area (Å²) in [4.78, 5) is 17.2. The molecule has 0 unspecified atom stereocenters. The summed E-state index contributed by atoms with van der Waals surface area (Å²) in [5.74, 6) is 0.446. The molecule has 0 spiro atoms. The lowest BCUT2D eigenvalue weighted by molar-refractivity contribution is -0.116. The number of carbonyl (C=O) groups excluding carboxylic acids is 1. The Kier molecular flexibility index (Phi) is 12.0. The number of nitrogens with one attached hydrogen (secondary N) is 1. The van der Waals surface area contributed by atoms with E-state index in [-0.39, 0.29) is 5.91 Å². The lowest BCUT2D eigenvalue weighted by atomic mass is 10.0. The van der Waals surface area contributed by atoms with E-state index < -0.39 is 0 Å². The molecule has 164 valence electrons. The number of unbranched alkanes of at least 4 members (excludes halogenated alkanes) is 14. The van der Waals surface area contributed by atoms with Gasteiger partial charge in [0.2, 0.25) is 16.8 Å². The van der Waals surface area contributed by atoms with Crippen LogP contribution in [0.2, 0.25) is 0 Å². The van der Waals surface area contributed by atoms with E-state index in [0.717, 1.165) is 23.5 Å². The molecule has 0 radical (unpaired) electrons. The maximum Gasteiger partial charge on any atom is 0.250 e. The summed E-state index contributed by atoms with van der Waals surface area (Å²) >= 11 is 1.54. The molecule has 0 saturated carbocycles. The van der Waals surface area contributed by atoms with Gasteiger partial charge in [0, 0.05) is 11.8 Å². The average molecular weight is 421 g/mol. The van der Waals surface area contributed by atoms with Crippen LogP contribution in [0.15, 0.2) is 5.38 Å². The van der Waals surface area contributed by atoms with Crippen molar-refractivity contribution in [2.75, 3.05) is 5.32 Å². The molecule has 0 saturated heterocycles. The van der Waals surface area contributed by atoms with Crippen LogP contribution < -0.4 is 5.32 Å². The summed E-state index contributed by atoms with van der Waals surface area (Å²) in [6, 6.07) is 0. The van der Waals surface area contributed by atoms with Crippen molar-refractivity contribution < 1.29 is 4.79 Å². The zero-order valence-corrected chi connectivity index (χ0v) is 19.4. The lowest BCUT2D eigenvalue weighted by Crippen LogP contribution is -2.12. The topological polar surface area (TPSA) is 59.3 Å². The third-order valence-electron chi connectivity index (χ3n) is 5.51. The minimum atomic E-state index is 0.0237. The van der Waals surface area contributed by atoms with Crippen LogP contribution in [-0.2, 0) is 4.79 Å². The molecule has 29 heavy (non-hydrogen) atoms. The molecule has 0 aliphatic heterocycles. The van der Waals surface area contributed by atoms with Crippen LogP contribution in [0.25, 0.3) is 4.96 Å². The van der Waals surface area contributed by atoms with Gasteiger partial charge in [0.05, 0.1) is 5.69 Å². The van der Waals surface area contributed by atoms with Crippen molar-refractivity contribution in [1.82, 2.24) is 14.6 Å². The third kappa shape index (κ3) is 9.75. The zero-order valence-electron chi connectivity index (χ0n) is 18.5. The highest BCUT2D eigenvalue weighted by Gasteiger charge is 2.10. The van der Waals surface area contributed by atoms with Crippen LogP contribution in [0.5, 0.6) is 0 Å². The van der Waals surface area contributed by atoms with Crippen molar-refractivity contribution in [3.8, 4) is 0 Å². The molecule has 1 N–H and O–H groups in total. The maximum atomic E-state index is 12.0. The average Bonchev–Trinajstić information content (AvgIpc) is 3.26. The standard InChI is InChI=1S/C23H40N4OS/c1-3-4-5-6-7-8-9-10-11-12-13-14-15-16-17-18-21(28)24-22-25-23-27(26-22)20(2)19-29-23/h19H,3-18H2,1-2H3,(H,24,26,28). The van der Waals surface area contributed by atoms with E-state index in [2.05, 4.69) is 22.3 Å². The SMILES string of the molecule is CCCCCCCCCCCCCCCCCC(=O)Nc1nc2scc(C)n2n1. The first kappa shape index (κ1) is 23.8. The first-order chi connectivity index (χ1) is 14.2. The molecule has 2 heterocycles. The molecule has 0 aliphatic carbocycles. The number of rotatable bonds is 17. The Hall–Kier alpha value is -1.43. The third-order valence-corrected chi connectivity index (χ3v) is 6.44. The number of nitrogens with zero attached hydrogens (tertiary/aromatic N) is 3. The van der Waals surface area contributed by atoms with Crippen molar-refractivity contribution >= 4 is 28.2 Å². The highest BCUT2D eigenvalue weighted by molar-refractivity contribution is 7.15. The highest BCUT2D eigenvalue weighted by Crippen LogP contribution is 2.16. The molecule has 0 fully saturated rings. The van der Waals surface area contributed by atoms with E-state index in [1.54, 1.807) is 4.52 Å². The molecule has 6 heteroatoms. The van der Waals surface area contributed by atoms with Crippen LogP contribution >= 0.6 is 11.3 Å². The maximum absolute atomic E-state index is 12.0. The van der Waals surface area contributed by atoms with Crippen molar-refractivity contribution in [3.63, 3.8) is 0 Å². The second-order valence-corrected chi connectivity index (χ2v) is 9.09. The number of hydrogen-bond acceptors (Lipinski definition) is 4. The zero-order chi connectivity index (χ0) is 20.7. The number of hydrogen-bond donors (Lipinski definition) is 1. The normalized spacial score (nSPS) is 11.4. The minimum absolute atomic E-state index is 0.0237. The Morgan fingerprint density at radius 3 is 1.93 bits per heavy atom. The Morgan fingerprint density at radius 1 is 0.897 bits per heavy atom. The molecule has 2 rings (SSSR count). The number of anilines is 1. The fourth-order valence-electron chi connectivity index (χ4n) is 3.69. The van der Waals surface area contributed by atoms with Gasteiger partial charge in [-0.3, -0.25) is 10.1 Å². The monoisotopic (exact) mass is 420 g/mol. The Labute approximate surface area is 180 Å². The van der Waals surface area contributed by atoms with E-state index in [1.807, 2.05) is 12.3 Å².